The first kappa shape index (κ1) is 17.3. The highest BCUT2D eigenvalue weighted by atomic mass is 16.5. The lowest BCUT2D eigenvalue weighted by atomic mass is 10.1. The predicted octanol–water partition coefficient (Wildman–Crippen LogP) is 2.42. The molecule has 1 heterocycles. The van der Waals surface area contributed by atoms with Gasteiger partial charge in [0.05, 0.1) is 19.3 Å². The molecule has 126 valence electrons. The van der Waals surface area contributed by atoms with Gasteiger partial charge in [0.2, 0.25) is 0 Å². The van der Waals surface area contributed by atoms with Crippen molar-refractivity contribution in [2.24, 2.45) is 0 Å². The first-order chi connectivity index (χ1) is 11.1. The number of ether oxygens (including phenoxy) is 1. The summed E-state index contributed by atoms with van der Waals surface area (Å²) < 4.78 is 5.37. The summed E-state index contributed by atoms with van der Waals surface area (Å²) in [5, 5.41) is 2.84. The highest BCUT2D eigenvalue weighted by Crippen LogP contribution is 2.16. The van der Waals surface area contributed by atoms with Crippen LogP contribution in [0.3, 0.4) is 0 Å². The van der Waals surface area contributed by atoms with E-state index in [1.54, 1.807) is 29.2 Å². The van der Waals surface area contributed by atoms with Gasteiger partial charge in [-0.3, -0.25) is 4.79 Å². The third-order valence-electron chi connectivity index (χ3n) is 4.04. The molecule has 2 rings (SSSR count). The second-order valence-electron chi connectivity index (χ2n) is 5.61. The van der Waals surface area contributed by atoms with Gasteiger partial charge in [0.25, 0.3) is 5.91 Å². The van der Waals surface area contributed by atoms with Crippen LogP contribution in [0, 0.1) is 0 Å². The first-order valence-corrected chi connectivity index (χ1v) is 8.11. The maximum atomic E-state index is 12.6. The van der Waals surface area contributed by atoms with Crippen molar-refractivity contribution in [3.05, 3.63) is 29.8 Å². The van der Waals surface area contributed by atoms with E-state index in [4.69, 9.17) is 4.74 Å². The minimum absolute atomic E-state index is 0.0280. The van der Waals surface area contributed by atoms with E-state index in [1.807, 2.05) is 25.7 Å². The number of anilines is 1. The zero-order valence-corrected chi connectivity index (χ0v) is 14.0. The summed E-state index contributed by atoms with van der Waals surface area (Å²) in [7, 11) is 0. The number of carbonyl (C=O) groups is 2. The fourth-order valence-corrected chi connectivity index (χ4v) is 2.64. The van der Waals surface area contributed by atoms with Crippen molar-refractivity contribution in [2.45, 2.75) is 26.8 Å². The van der Waals surface area contributed by atoms with Gasteiger partial charge in [0, 0.05) is 30.9 Å². The Morgan fingerprint density at radius 2 is 2.09 bits per heavy atom. The van der Waals surface area contributed by atoms with E-state index in [-0.39, 0.29) is 18.0 Å². The summed E-state index contributed by atoms with van der Waals surface area (Å²) in [6, 6.07) is 6.99. The van der Waals surface area contributed by atoms with Crippen molar-refractivity contribution in [3.63, 3.8) is 0 Å². The van der Waals surface area contributed by atoms with Crippen LogP contribution in [0.25, 0.3) is 0 Å². The van der Waals surface area contributed by atoms with Gasteiger partial charge >= 0.3 is 6.03 Å². The standard InChI is InChI=1S/C17H25N3O3/c1-4-19(5-2)17(22)18-15-8-6-7-14(11-15)16(21)20-9-10-23-12-13(20)3/h6-8,11,13H,4-5,9-10,12H2,1-3H3,(H,18,22). The molecule has 1 aromatic rings. The largest absolute Gasteiger partial charge is 0.377 e. The van der Waals surface area contributed by atoms with E-state index >= 15 is 0 Å². The monoisotopic (exact) mass is 319 g/mol. The zero-order valence-electron chi connectivity index (χ0n) is 14.0. The molecule has 1 N–H and O–H groups in total. The van der Waals surface area contributed by atoms with Crippen molar-refractivity contribution in [3.8, 4) is 0 Å². The molecule has 0 saturated carbocycles. The van der Waals surface area contributed by atoms with Gasteiger partial charge in [-0.2, -0.15) is 0 Å². The quantitative estimate of drug-likeness (QED) is 0.927. The summed E-state index contributed by atoms with van der Waals surface area (Å²) in [4.78, 5) is 28.3. The number of benzene rings is 1. The molecule has 1 aliphatic heterocycles. The summed E-state index contributed by atoms with van der Waals surface area (Å²) in [6.07, 6.45) is 0. The minimum Gasteiger partial charge on any atom is -0.377 e. The molecule has 6 nitrogen and oxygen atoms in total. The van der Waals surface area contributed by atoms with E-state index in [9.17, 15) is 9.59 Å². The maximum Gasteiger partial charge on any atom is 0.321 e. The molecule has 0 bridgehead atoms. The molecule has 6 heteroatoms. The molecule has 23 heavy (non-hydrogen) atoms. The summed E-state index contributed by atoms with van der Waals surface area (Å²) in [6.45, 7) is 8.85. The van der Waals surface area contributed by atoms with Crippen LogP contribution in [0.2, 0.25) is 0 Å². The van der Waals surface area contributed by atoms with Crippen LogP contribution in [-0.4, -0.2) is 60.6 Å². The van der Waals surface area contributed by atoms with Gasteiger partial charge < -0.3 is 19.9 Å². The van der Waals surface area contributed by atoms with E-state index in [2.05, 4.69) is 5.32 Å². The smallest absolute Gasteiger partial charge is 0.321 e. The lowest BCUT2D eigenvalue weighted by Crippen LogP contribution is -2.47. The topological polar surface area (TPSA) is 61.9 Å². The third-order valence-corrected chi connectivity index (χ3v) is 4.04. The molecule has 1 aromatic carbocycles. The molecular weight excluding hydrogens is 294 g/mol. The van der Waals surface area contributed by atoms with Crippen molar-refractivity contribution in [1.82, 2.24) is 9.80 Å². The molecule has 1 aliphatic rings. The van der Waals surface area contributed by atoms with Crippen molar-refractivity contribution in [2.75, 3.05) is 38.2 Å². The first-order valence-electron chi connectivity index (χ1n) is 8.11. The lowest BCUT2D eigenvalue weighted by Gasteiger charge is -2.33. The fraction of sp³-hybridized carbons (Fsp3) is 0.529. The van der Waals surface area contributed by atoms with Crippen molar-refractivity contribution in [1.29, 1.82) is 0 Å². The molecule has 1 unspecified atom stereocenters. The Bertz CT molecular complexity index is 558. The normalized spacial score (nSPS) is 17.7. The Hall–Kier alpha value is -2.08. The Morgan fingerprint density at radius 3 is 2.74 bits per heavy atom. The second-order valence-corrected chi connectivity index (χ2v) is 5.61. The lowest BCUT2D eigenvalue weighted by molar-refractivity contribution is 0.00360. The molecule has 1 saturated heterocycles. The molecule has 3 amide bonds. The number of hydrogen-bond acceptors (Lipinski definition) is 3. The maximum absolute atomic E-state index is 12.6. The molecule has 0 radical (unpaired) electrons. The second kappa shape index (κ2) is 7.97. The Balaban J connectivity index is 2.10. The number of morpholine rings is 1. The number of nitrogens with one attached hydrogen (secondary N) is 1. The number of amides is 3. The summed E-state index contributed by atoms with van der Waals surface area (Å²) in [5.41, 5.74) is 1.21. The molecule has 1 fully saturated rings. The van der Waals surface area contributed by atoms with Crippen LogP contribution in [0.4, 0.5) is 10.5 Å². The average Bonchev–Trinajstić information content (AvgIpc) is 2.56. The average molecular weight is 319 g/mol. The van der Waals surface area contributed by atoms with Crippen molar-refractivity contribution < 1.29 is 14.3 Å². The zero-order chi connectivity index (χ0) is 16.8. The van der Waals surface area contributed by atoms with E-state index in [1.165, 1.54) is 0 Å². The Morgan fingerprint density at radius 1 is 1.35 bits per heavy atom. The van der Waals surface area contributed by atoms with Gasteiger partial charge in [0.15, 0.2) is 0 Å². The fourth-order valence-electron chi connectivity index (χ4n) is 2.64. The van der Waals surface area contributed by atoms with Gasteiger partial charge in [-0.1, -0.05) is 6.07 Å². The van der Waals surface area contributed by atoms with Crippen LogP contribution in [0.5, 0.6) is 0 Å². The molecule has 0 spiro atoms. The number of carbonyl (C=O) groups excluding carboxylic acids is 2. The van der Waals surface area contributed by atoms with E-state index in [0.29, 0.717) is 44.1 Å². The third kappa shape index (κ3) is 4.22. The Kier molecular flexibility index (Phi) is 5.98. The molecular formula is C17H25N3O3. The summed E-state index contributed by atoms with van der Waals surface area (Å²) >= 11 is 0. The van der Waals surface area contributed by atoms with Crippen molar-refractivity contribution >= 4 is 17.6 Å². The molecule has 1 atom stereocenters. The number of urea groups is 1. The van der Waals surface area contributed by atoms with Crippen LogP contribution in [0.15, 0.2) is 24.3 Å². The molecule has 0 aromatic heterocycles. The van der Waals surface area contributed by atoms with Crippen LogP contribution in [0.1, 0.15) is 31.1 Å². The highest BCUT2D eigenvalue weighted by molar-refractivity contribution is 5.97. The van der Waals surface area contributed by atoms with Gasteiger partial charge in [-0.05, 0) is 39.0 Å². The predicted molar refractivity (Wildman–Crippen MR) is 89.7 cm³/mol. The van der Waals surface area contributed by atoms with Crippen LogP contribution >= 0.6 is 0 Å². The summed E-state index contributed by atoms with van der Waals surface area (Å²) in [5.74, 6) is -0.0280. The van der Waals surface area contributed by atoms with Gasteiger partial charge in [0.1, 0.15) is 0 Å². The highest BCUT2D eigenvalue weighted by Gasteiger charge is 2.25. The van der Waals surface area contributed by atoms with Crippen LogP contribution < -0.4 is 5.32 Å². The van der Waals surface area contributed by atoms with Gasteiger partial charge in [-0.25, -0.2) is 4.79 Å². The number of rotatable bonds is 4. The van der Waals surface area contributed by atoms with Crippen LogP contribution in [-0.2, 0) is 4.74 Å². The van der Waals surface area contributed by atoms with E-state index in [0.717, 1.165) is 0 Å². The SMILES string of the molecule is CCN(CC)C(=O)Nc1cccc(C(=O)N2CCOCC2C)c1. The Labute approximate surface area is 137 Å². The number of hydrogen-bond donors (Lipinski definition) is 1. The van der Waals surface area contributed by atoms with E-state index < -0.39 is 0 Å². The van der Waals surface area contributed by atoms with Gasteiger partial charge in [-0.15, -0.1) is 0 Å². The minimum atomic E-state index is -0.153. The number of nitrogens with zero attached hydrogens (tertiary/aromatic N) is 2. The molecule has 0 aliphatic carbocycles.